The van der Waals surface area contributed by atoms with Gasteiger partial charge in [-0.3, -0.25) is 14.5 Å². The minimum absolute atomic E-state index is 0. The first-order valence-corrected chi connectivity index (χ1v) is 16.2. The van der Waals surface area contributed by atoms with E-state index in [1.54, 1.807) is 12.1 Å². The molecule has 14 heteroatoms. The maximum atomic E-state index is 13.6. The van der Waals surface area contributed by atoms with E-state index in [-0.39, 0.29) is 36.0 Å². The van der Waals surface area contributed by atoms with Crippen molar-refractivity contribution in [3.8, 4) is 17.5 Å². The van der Waals surface area contributed by atoms with E-state index in [1.807, 2.05) is 54.6 Å². The molecule has 5 aromatic rings. The fourth-order valence-electron chi connectivity index (χ4n) is 5.81. The lowest BCUT2D eigenvalue weighted by molar-refractivity contribution is -0.137. The summed E-state index contributed by atoms with van der Waals surface area (Å²) in [5, 5.41) is 0.881. The molecule has 0 unspecified atom stereocenters. The Morgan fingerprint density at radius 1 is 0.882 bits per heavy atom. The Morgan fingerprint density at radius 3 is 2.12 bits per heavy atom. The minimum atomic E-state index is -4.49. The SMILES string of the molecule is CC(C)Oc1ccc(CN2CCN(C(=O)c3cc4ccc(Oc5ncc(N(C)C(=O)c6ccc(C(F)(F)F)cc6)cn5)cc4n3C)CC2)cc1.Cl. The van der Waals surface area contributed by atoms with Crippen molar-refractivity contribution < 1.29 is 32.2 Å². The maximum Gasteiger partial charge on any atom is 0.416 e. The van der Waals surface area contributed by atoms with Crippen molar-refractivity contribution in [2.24, 2.45) is 7.05 Å². The fourth-order valence-corrected chi connectivity index (χ4v) is 5.81. The summed E-state index contributed by atoms with van der Waals surface area (Å²) < 4.78 is 52.1. The summed E-state index contributed by atoms with van der Waals surface area (Å²) in [6.45, 7) is 7.62. The highest BCUT2D eigenvalue weighted by molar-refractivity contribution is 6.05. The number of carbonyl (C=O) groups excluding carboxylic acids is 2. The number of benzene rings is 3. The normalized spacial score (nSPS) is 13.6. The Kier molecular flexibility index (Phi) is 11.2. The Bertz CT molecular complexity index is 1980. The lowest BCUT2D eigenvalue weighted by atomic mass is 10.1. The molecule has 0 saturated carbocycles. The second-order valence-corrected chi connectivity index (χ2v) is 12.5. The number of rotatable bonds is 9. The lowest BCUT2D eigenvalue weighted by Crippen LogP contribution is -2.48. The van der Waals surface area contributed by atoms with Crippen molar-refractivity contribution in [2.75, 3.05) is 38.1 Å². The number of hydrogen-bond acceptors (Lipinski definition) is 7. The van der Waals surface area contributed by atoms with Crippen LogP contribution in [-0.4, -0.2) is 75.5 Å². The van der Waals surface area contributed by atoms with Crippen LogP contribution in [-0.2, 0) is 19.8 Å². The highest BCUT2D eigenvalue weighted by Crippen LogP contribution is 2.30. The summed E-state index contributed by atoms with van der Waals surface area (Å²) in [6.07, 6.45) is -1.58. The van der Waals surface area contributed by atoms with Crippen LogP contribution in [0.5, 0.6) is 17.5 Å². The Hall–Kier alpha value is -5.14. The summed E-state index contributed by atoms with van der Waals surface area (Å²) in [4.78, 5) is 40.3. The van der Waals surface area contributed by atoms with Crippen molar-refractivity contribution in [1.82, 2.24) is 24.3 Å². The van der Waals surface area contributed by atoms with Gasteiger partial charge in [-0.15, -0.1) is 12.4 Å². The topological polar surface area (TPSA) is 93.0 Å². The molecule has 2 aromatic heterocycles. The van der Waals surface area contributed by atoms with Gasteiger partial charge in [0.05, 0.1) is 35.3 Å². The third-order valence-electron chi connectivity index (χ3n) is 8.57. The number of aromatic nitrogens is 3. The van der Waals surface area contributed by atoms with Gasteiger partial charge in [0, 0.05) is 63.8 Å². The van der Waals surface area contributed by atoms with Crippen LogP contribution >= 0.6 is 12.4 Å². The molecule has 51 heavy (non-hydrogen) atoms. The number of amides is 2. The molecule has 0 bridgehead atoms. The average Bonchev–Trinajstić information content (AvgIpc) is 3.43. The van der Waals surface area contributed by atoms with Gasteiger partial charge in [0.15, 0.2) is 0 Å². The predicted molar refractivity (Wildman–Crippen MR) is 190 cm³/mol. The smallest absolute Gasteiger partial charge is 0.416 e. The molecule has 1 aliphatic heterocycles. The number of aryl methyl sites for hydroxylation is 1. The number of nitrogens with zero attached hydrogens (tertiary/aromatic N) is 6. The van der Waals surface area contributed by atoms with Crippen LogP contribution in [0.4, 0.5) is 18.9 Å². The number of hydrogen-bond donors (Lipinski definition) is 0. The zero-order valence-electron chi connectivity index (χ0n) is 28.6. The van der Waals surface area contributed by atoms with Crippen molar-refractivity contribution in [3.63, 3.8) is 0 Å². The van der Waals surface area contributed by atoms with Crippen LogP contribution in [0.3, 0.4) is 0 Å². The van der Waals surface area contributed by atoms with Gasteiger partial charge in [-0.2, -0.15) is 13.2 Å². The summed E-state index contributed by atoms with van der Waals surface area (Å²) in [5.41, 5.74) is 2.16. The van der Waals surface area contributed by atoms with E-state index in [2.05, 4.69) is 27.0 Å². The highest BCUT2D eigenvalue weighted by Gasteiger charge is 2.30. The first-order valence-electron chi connectivity index (χ1n) is 16.2. The number of alkyl halides is 3. The van der Waals surface area contributed by atoms with Crippen molar-refractivity contribution in [3.05, 3.63) is 108 Å². The van der Waals surface area contributed by atoms with E-state index in [4.69, 9.17) is 9.47 Å². The molecule has 1 aliphatic rings. The number of halogens is 4. The molecule has 10 nitrogen and oxygen atoms in total. The minimum Gasteiger partial charge on any atom is -0.491 e. The van der Waals surface area contributed by atoms with E-state index < -0.39 is 17.6 Å². The molecule has 6 rings (SSSR count). The Labute approximate surface area is 299 Å². The number of fused-ring (bicyclic) bond motifs is 1. The van der Waals surface area contributed by atoms with Crippen LogP contribution in [0.15, 0.2) is 85.2 Å². The quantitative estimate of drug-likeness (QED) is 0.159. The van der Waals surface area contributed by atoms with Crippen LogP contribution < -0.4 is 14.4 Å². The molecule has 3 aromatic carbocycles. The van der Waals surface area contributed by atoms with Crippen LogP contribution in [0, 0.1) is 0 Å². The molecular weight excluding hydrogens is 685 g/mol. The number of ether oxygens (including phenoxy) is 2. The Balaban J connectivity index is 0.00000504. The van der Waals surface area contributed by atoms with Gasteiger partial charge in [0.25, 0.3) is 11.8 Å². The van der Waals surface area contributed by atoms with E-state index in [0.717, 1.165) is 60.6 Å². The second-order valence-electron chi connectivity index (χ2n) is 12.5. The molecule has 1 fully saturated rings. The number of carbonyl (C=O) groups is 2. The molecule has 0 spiro atoms. The summed E-state index contributed by atoms with van der Waals surface area (Å²) in [7, 11) is 3.32. The molecule has 1 saturated heterocycles. The molecule has 0 aliphatic carbocycles. The van der Waals surface area contributed by atoms with Crippen molar-refractivity contribution in [1.29, 1.82) is 0 Å². The lowest BCUT2D eigenvalue weighted by Gasteiger charge is -2.34. The zero-order valence-corrected chi connectivity index (χ0v) is 29.4. The zero-order chi connectivity index (χ0) is 35.6. The van der Waals surface area contributed by atoms with Gasteiger partial charge in [0.2, 0.25) is 0 Å². The van der Waals surface area contributed by atoms with Gasteiger partial charge in [-0.25, -0.2) is 9.97 Å². The highest BCUT2D eigenvalue weighted by atomic mass is 35.5. The van der Waals surface area contributed by atoms with E-state index in [1.165, 1.54) is 29.9 Å². The first-order chi connectivity index (χ1) is 23.9. The van der Waals surface area contributed by atoms with E-state index in [0.29, 0.717) is 30.2 Å². The van der Waals surface area contributed by atoms with E-state index >= 15 is 0 Å². The molecule has 0 radical (unpaired) electrons. The first kappa shape index (κ1) is 37.1. The largest absolute Gasteiger partial charge is 0.491 e. The molecule has 0 N–H and O–H groups in total. The average molecular weight is 723 g/mol. The Morgan fingerprint density at radius 2 is 1.51 bits per heavy atom. The maximum absolute atomic E-state index is 13.6. The van der Waals surface area contributed by atoms with Gasteiger partial charge < -0.3 is 23.8 Å². The molecular formula is C37H38ClF3N6O4. The van der Waals surface area contributed by atoms with Crippen LogP contribution in [0.1, 0.15) is 45.8 Å². The summed E-state index contributed by atoms with van der Waals surface area (Å²) in [6, 6.07) is 19.5. The summed E-state index contributed by atoms with van der Waals surface area (Å²) >= 11 is 0. The number of anilines is 1. The molecule has 0 atom stereocenters. The molecule has 2 amide bonds. The third-order valence-corrected chi connectivity index (χ3v) is 8.57. The van der Waals surface area contributed by atoms with Crippen molar-refractivity contribution >= 4 is 40.8 Å². The van der Waals surface area contributed by atoms with Crippen LogP contribution in [0.25, 0.3) is 10.9 Å². The van der Waals surface area contributed by atoms with Crippen LogP contribution in [0.2, 0.25) is 0 Å². The standard InChI is InChI=1S/C37H37F3N6O4.ClH/c1-24(2)49-30-12-5-25(6-13-30)23-45-15-17-46(18-16-45)35(48)33-19-27-9-14-31(20-32(27)44(33)4)50-36-41-21-29(22-42-36)43(3)34(47)26-7-10-28(11-8-26)37(38,39)40;/h5-14,19-22,24H,15-18,23H2,1-4H3;1H. The fraction of sp³-hybridized carbons (Fsp3) is 0.297. The van der Waals surface area contributed by atoms with E-state index in [9.17, 15) is 22.8 Å². The summed E-state index contributed by atoms with van der Waals surface area (Å²) in [5.74, 6) is 0.764. The second kappa shape index (κ2) is 15.4. The van der Waals surface area contributed by atoms with Crippen molar-refractivity contribution in [2.45, 2.75) is 32.7 Å². The van der Waals surface area contributed by atoms with Gasteiger partial charge >= 0.3 is 12.2 Å². The molecule has 268 valence electrons. The third kappa shape index (κ3) is 8.61. The number of piperazine rings is 1. The van der Waals surface area contributed by atoms with Gasteiger partial charge in [-0.05, 0) is 74.0 Å². The predicted octanol–water partition coefficient (Wildman–Crippen LogP) is 7.22. The van der Waals surface area contributed by atoms with Gasteiger partial charge in [-0.1, -0.05) is 12.1 Å². The van der Waals surface area contributed by atoms with Gasteiger partial charge in [0.1, 0.15) is 17.2 Å². The monoisotopic (exact) mass is 722 g/mol. The molecule has 3 heterocycles.